The van der Waals surface area contributed by atoms with E-state index in [0.717, 1.165) is 17.0 Å². The molecule has 0 amide bonds. The number of rotatable bonds is 8. The summed E-state index contributed by atoms with van der Waals surface area (Å²) < 4.78 is 5.47. The maximum atomic E-state index is 8.66. The number of nitrogens with zero attached hydrogens (tertiary/aromatic N) is 2. The van der Waals surface area contributed by atoms with Gasteiger partial charge in [-0.05, 0) is 18.1 Å². The molecule has 0 saturated carbocycles. The molecule has 4 nitrogen and oxygen atoms in total. The Balaban J connectivity index is 3.11. The van der Waals surface area contributed by atoms with Crippen LogP contribution in [0.3, 0.4) is 0 Å². The van der Waals surface area contributed by atoms with Gasteiger partial charge in [0.2, 0.25) is 0 Å². The number of anilines is 1. The van der Waals surface area contributed by atoms with Crippen LogP contribution in [-0.4, -0.2) is 20.2 Å². The predicted octanol–water partition coefficient (Wildman–Crippen LogP) is 3.23. The van der Waals surface area contributed by atoms with Crippen LogP contribution in [0.2, 0.25) is 0 Å². The van der Waals surface area contributed by atoms with Crippen molar-refractivity contribution in [2.45, 2.75) is 26.2 Å². The molecule has 108 valence electrons. The number of hydrazine groups is 1. The number of nitrogens with one attached hydrogen (secondary N) is 1. The SMILES string of the molecule is C=CCN(NCCC#N)c1cccc(OC)c1C(C)C. The van der Waals surface area contributed by atoms with E-state index in [0.29, 0.717) is 25.4 Å². The molecule has 0 unspecified atom stereocenters. The van der Waals surface area contributed by atoms with E-state index in [1.54, 1.807) is 7.11 Å². The smallest absolute Gasteiger partial charge is 0.124 e. The highest BCUT2D eigenvalue weighted by Crippen LogP contribution is 2.34. The molecule has 0 aliphatic heterocycles. The standard InChI is InChI=1S/C16H23N3O/c1-5-12-19(18-11-7-10-17)14-8-6-9-15(20-4)16(14)13(2)3/h5-6,8-9,13,18H,1,7,11-12H2,2-4H3. The largest absolute Gasteiger partial charge is 0.496 e. The lowest BCUT2D eigenvalue weighted by molar-refractivity contribution is 0.407. The summed E-state index contributed by atoms with van der Waals surface area (Å²) in [6.07, 6.45) is 2.30. The first-order chi connectivity index (χ1) is 9.65. The molecule has 0 radical (unpaired) electrons. The molecule has 0 fully saturated rings. The van der Waals surface area contributed by atoms with Crippen molar-refractivity contribution in [1.82, 2.24) is 5.43 Å². The molecule has 0 spiro atoms. The zero-order chi connectivity index (χ0) is 15.0. The summed E-state index contributed by atoms with van der Waals surface area (Å²) >= 11 is 0. The van der Waals surface area contributed by atoms with Gasteiger partial charge in [-0.25, -0.2) is 5.43 Å². The summed E-state index contributed by atoms with van der Waals surface area (Å²) in [5, 5.41) is 10.7. The minimum atomic E-state index is 0.339. The van der Waals surface area contributed by atoms with E-state index in [-0.39, 0.29) is 0 Å². The lowest BCUT2D eigenvalue weighted by Gasteiger charge is -2.28. The fraction of sp³-hybridized carbons (Fsp3) is 0.438. The third-order valence-corrected chi connectivity index (χ3v) is 2.98. The molecule has 0 aliphatic carbocycles. The number of hydrogen-bond donors (Lipinski definition) is 1. The number of hydrogen-bond acceptors (Lipinski definition) is 4. The van der Waals surface area contributed by atoms with Gasteiger partial charge in [0.05, 0.1) is 25.4 Å². The molecule has 0 aromatic heterocycles. The van der Waals surface area contributed by atoms with Gasteiger partial charge in [0.1, 0.15) is 5.75 Å². The van der Waals surface area contributed by atoms with Crippen molar-refractivity contribution in [3.63, 3.8) is 0 Å². The highest BCUT2D eigenvalue weighted by molar-refractivity contribution is 5.60. The second-order valence-electron chi connectivity index (χ2n) is 4.76. The van der Waals surface area contributed by atoms with Crippen molar-refractivity contribution >= 4 is 5.69 Å². The Hall–Kier alpha value is -1.99. The van der Waals surface area contributed by atoms with E-state index < -0.39 is 0 Å². The third-order valence-electron chi connectivity index (χ3n) is 2.98. The van der Waals surface area contributed by atoms with Crippen molar-refractivity contribution in [1.29, 1.82) is 5.26 Å². The van der Waals surface area contributed by atoms with Crippen molar-refractivity contribution in [3.05, 3.63) is 36.4 Å². The molecule has 0 aliphatic rings. The lowest BCUT2D eigenvalue weighted by Crippen LogP contribution is -2.39. The van der Waals surface area contributed by atoms with Gasteiger partial charge in [-0.1, -0.05) is 26.0 Å². The summed E-state index contributed by atoms with van der Waals surface area (Å²) in [6, 6.07) is 8.14. The summed E-state index contributed by atoms with van der Waals surface area (Å²) in [7, 11) is 1.69. The van der Waals surface area contributed by atoms with Gasteiger partial charge in [0, 0.05) is 18.5 Å². The van der Waals surface area contributed by atoms with Crippen LogP contribution < -0.4 is 15.2 Å². The molecule has 0 atom stereocenters. The van der Waals surface area contributed by atoms with Crippen LogP contribution >= 0.6 is 0 Å². The molecule has 1 rings (SSSR count). The van der Waals surface area contributed by atoms with Gasteiger partial charge in [0.15, 0.2) is 0 Å². The normalized spacial score (nSPS) is 10.2. The minimum absolute atomic E-state index is 0.339. The number of benzene rings is 1. The molecule has 1 aromatic rings. The van der Waals surface area contributed by atoms with E-state index in [1.807, 2.05) is 23.2 Å². The maximum Gasteiger partial charge on any atom is 0.124 e. The van der Waals surface area contributed by atoms with Crippen LogP contribution in [-0.2, 0) is 0 Å². The average molecular weight is 273 g/mol. The first-order valence-electron chi connectivity index (χ1n) is 6.81. The third kappa shape index (κ3) is 4.01. The van der Waals surface area contributed by atoms with E-state index in [9.17, 15) is 0 Å². The first-order valence-corrected chi connectivity index (χ1v) is 6.81. The number of ether oxygens (including phenoxy) is 1. The van der Waals surface area contributed by atoms with Crippen molar-refractivity contribution in [2.75, 3.05) is 25.2 Å². The quantitative estimate of drug-likeness (QED) is 0.449. The molecular weight excluding hydrogens is 250 g/mol. The van der Waals surface area contributed by atoms with E-state index in [1.165, 1.54) is 0 Å². The van der Waals surface area contributed by atoms with Crippen molar-refractivity contribution in [2.24, 2.45) is 0 Å². The van der Waals surface area contributed by atoms with Crippen LogP contribution in [0, 0.1) is 11.3 Å². The predicted molar refractivity (Wildman–Crippen MR) is 82.9 cm³/mol. The van der Waals surface area contributed by atoms with E-state index in [4.69, 9.17) is 10.00 Å². The Morgan fingerprint density at radius 3 is 2.80 bits per heavy atom. The lowest BCUT2D eigenvalue weighted by atomic mass is 9.99. The second kappa shape index (κ2) is 8.23. The van der Waals surface area contributed by atoms with Gasteiger partial charge >= 0.3 is 0 Å². The second-order valence-corrected chi connectivity index (χ2v) is 4.76. The Morgan fingerprint density at radius 2 is 2.25 bits per heavy atom. The minimum Gasteiger partial charge on any atom is -0.496 e. The average Bonchev–Trinajstić information content (AvgIpc) is 2.45. The van der Waals surface area contributed by atoms with Gasteiger partial charge in [-0.3, -0.25) is 0 Å². The highest BCUT2D eigenvalue weighted by atomic mass is 16.5. The fourth-order valence-electron chi connectivity index (χ4n) is 2.15. The Morgan fingerprint density at radius 1 is 1.50 bits per heavy atom. The molecule has 0 saturated heterocycles. The van der Waals surface area contributed by atoms with Gasteiger partial charge in [-0.2, -0.15) is 5.26 Å². The molecule has 0 heterocycles. The summed E-state index contributed by atoms with van der Waals surface area (Å²) in [6.45, 7) is 9.35. The van der Waals surface area contributed by atoms with Gasteiger partial charge < -0.3 is 9.75 Å². The summed E-state index contributed by atoms with van der Waals surface area (Å²) in [5.41, 5.74) is 5.49. The Kier molecular flexibility index (Phi) is 6.61. The Bertz CT molecular complexity index is 477. The first kappa shape index (κ1) is 16.1. The van der Waals surface area contributed by atoms with E-state index in [2.05, 4.69) is 38.0 Å². The zero-order valence-corrected chi connectivity index (χ0v) is 12.5. The van der Waals surface area contributed by atoms with Crippen LogP contribution in [0.25, 0.3) is 0 Å². The number of nitriles is 1. The van der Waals surface area contributed by atoms with Crippen molar-refractivity contribution < 1.29 is 4.74 Å². The van der Waals surface area contributed by atoms with Crippen LogP contribution in [0.1, 0.15) is 31.7 Å². The van der Waals surface area contributed by atoms with Gasteiger partial charge in [0.25, 0.3) is 0 Å². The van der Waals surface area contributed by atoms with Crippen LogP contribution in [0.15, 0.2) is 30.9 Å². The van der Waals surface area contributed by atoms with Crippen molar-refractivity contribution in [3.8, 4) is 11.8 Å². The molecule has 1 aromatic carbocycles. The molecule has 1 N–H and O–H groups in total. The maximum absolute atomic E-state index is 8.66. The Labute approximate surface area is 121 Å². The summed E-state index contributed by atoms with van der Waals surface area (Å²) in [4.78, 5) is 0. The zero-order valence-electron chi connectivity index (χ0n) is 12.5. The molecule has 0 bridgehead atoms. The van der Waals surface area contributed by atoms with Crippen LogP contribution in [0.5, 0.6) is 5.75 Å². The fourth-order valence-corrected chi connectivity index (χ4v) is 2.15. The molecular formula is C16H23N3O. The molecule has 4 heteroatoms. The monoisotopic (exact) mass is 273 g/mol. The van der Waals surface area contributed by atoms with E-state index >= 15 is 0 Å². The highest BCUT2D eigenvalue weighted by Gasteiger charge is 2.16. The topological polar surface area (TPSA) is 48.3 Å². The van der Waals surface area contributed by atoms with Gasteiger partial charge in [-0.15, -0.1) is 6.58 Å². The summed E-state index contributed by atoms with van der Waals surface area (Å²) in [5.74, 6) is 1.22. The molecule has 20 heavy (non-hydrogen) atoms. The number of methoxy groups -OCH3 is 1. The van der Waals surface area contributed by atoms with Crippen LogP contribution in [0.4, 0.5) is 5.69 Å².